The second-order valence-electron chi connectivity index (χ2n) is 4.04. The van der Waals surface area contributed by atoms with Crippen molar-refractivity contribution in [2.24, 2.45) is 0 Å². The van der Waals surface area contributed by atoms with E-state index in [0.717, 1.165) is 40.4 Å². The second kappa shape index (κ2) is 6.36. The van der Waals surface area contributed by atoms with E-state index >= 15 is 0 Å². The lowest BCUT2D eigenvalue weighted by molar-refractivity contribution is 0.666. The summed E-state index contributed by atoms with van der Waals surface area (Å²) in [7, 11) is 0. The van der Waals surface area contributed by atoms with Gasteiger partial charge >= 0.3 is 0 Å². The first-order valence-corrected chi connectivity index (χ1v) is 7.07. The summed E-state index contributed by atoms with van der Waals surface area (Å²) in [6, 6.07) is 5.72. The molecule has 1 aromatic carbocycles. The van der Waals surface area contributed by atoms with Crippen LogP contribution in [0.1, 0.15) is 19.0 Å². The van der Waals surface area contributed by atoms with Gasteiger partial charge in [-0.25, -0.2) is 4.98 Å². The Balaban J connectivity index is 2.13. The molecule has 0 saturated heterocycles. The van der Waals surface area contributed by atoms with E-state index in [-0.39, 0.29) is 0 Å². The number of nitrogens with zero attached hydrogens (tertiary/aromatic N) is 2. The number of aromatic nitrogens is 2. The fourth-order valence-corrected chi connectivity index (χ4v) is 2.56. The van der Waals surface area contributed by atoms with E-state index in [2.05, 4.69) is 33.2 Å². The summed E-state index contributed by atoms with van der Waals surface area (Å²) in [4.78, 5) is 4.37. The van der Waals surface area contributed by atoms with Crippen molar-refractivity contribution in [1.82, 2.24) is 14.9 Å². The van der Waals surface area contributed by atoms with Crippen molar-refractivity contribution in [2.75, 3.05) is 6.54 Å². The van der Waals surface area contributed by atoms with Crippen LogP contribution in [0.2, 0.25) is 5.02 Å². The van der Waals surface area contributed by atoms with E-state index in [9.17, 15) is 0 Å². The summed E-state index contributed by atoms with van der Waals surface area (Å²) in [5.74, 6) is 0. The number of nitrogens with one attached hydrogen (secondary N) is 1. The Morgan fingerprint density at radius 2 is 2.28 bits per heavy atom. The number of rotatable bonds is 5. The van der Waals surface area contributed by atoms with E-state index in [1.165, 1.54) is 0 Å². The predicted molar refractivity (Wildman–Crippen MR) is 78.3 cm³/mol. The summed E-state index contributed by atoms with van der Waals surface area (Å²) in [6.07, 6.45) is 4.97. The van der Waals surface area contributed by atoms with Gasteiger partial charge in [0, 0.05) is 22.2 Å². The zero-order valence-electron chi connectivity index (χ0n) is 10.2. The zero-order valence-corrected chi connectivity index (χ0v) is 12.5. The molecule has 0 aliphatic heterocycles. The Labute approximate surface area is 120 Å². The van der Waals surface area contributed by atoms with Gasteiger partial charge in [-0.1, -0.05) is 18.5 Å². The third-order valence-electron chi connectivity index (χ3n) is 2.56. The van der Waals surface area contributed by atoms with Gasteiger partial charge < -0.3 is 9.88 Å². The molecule has 0 saturated carbocycles. The van der Waals surface area contributed by atoms with Crippen molar-refractivity contribution in [1.29, 1.82) is 0 Å². The molecule has 96 valence electrons. The van der Waals surface area contributed by atoms with Gasteiger partial charge in [-0.15, -0.1) is 0 Å². The van der Waals surface area contributed by atoms with Crippen LogP contribution in [0.15, 0.2) is 35.2 Å². The van der Waals surface area contributed by atoms with E-state index < -0.39 is 0 Å². The maximum absolute atomic E-state index is 5.93. The van der Waals surface area contributed by atoms with E-state index in [0.29, 0.717) is 0 Å². The molecule has 2 rings (SSSR count). The van der Waals surface area contributed by atoms with Crippen molar-refractivity contribution in [2.45, 2.75) is 19.9 Å². The Morgan fingerprint density at radius 1 is 1.44 bits per heavy atom. The highest BCUT2D eigenvalue weighted by Crippen LogP contribution is 2.24. The number of benzene rings is 1. The van der Waals surface area contributed by atoms with Crippen LogP contribution in [-0.2, 0) is 6.54 Å². The van der Waals surface area contributed by atoms with Crippen LogP contribution in [0.5, 0.6) is 0 Å². The highest BCUT2D eigenvalue weighted by atomic mass is 79.9. The molecule has 0 unspecified atom stereocenters. The van der Waals surface area contributed by atoms with Gasteiger partial charge in [0.05, 0.1) is 17.7 Å². The van der Waals surface area contributed by atoms with Crippen molar-refractivity contribution in [3.05, 3.63) is 45.9 Å². The molecule has 1 N–H and O–H groups in total. The van der Waals surface area contributed by atoms with Crippen LogP contribution in [0.25, 0.3) is 5.69 Å². The molecule has 5 heteroatoms. The standard InChI is InChI=1S/C13H15BrClN3/c1-2-5-16-7-11-8-18(9-17-11)13-4-3-10(15)6-12(13)14/h3-4,6,8-9,16H,2,5,7H2,1H3. The lowest BCUT2D eigenvalue weighted by Crippen LogP contribution is -2.13. The molecule has 0 radical (unpaired) electrons. The molecule has 0 fully saturated rings. The molecule has 3 nitrogen and oxygen atoms in total. The van der Waals surface area contributed by atoms with Gasteiger partial charge in [0.1, 0.15) is 0 Å². The molecule has 2 aromatic rings. The van der Waals surface area contributed by atoms with Crippen LogP contribution in [0.4, 0.5) is 0 Å². The Morgan fingerprint density at radius 3 is 3.00 bits per heavy atom. The molecular formula is C13H15BrClN3. The molecule has 1 heterocycles. The fraction of sp³-hybridized carbons (Fsp3) is 0.308. The smallest absolute Gasteiger partial charge is 0.0996 e. The van der Waals surface area contributed by atoms with Crippen molar-refractivity contribution in [3.63, 3.8) is 0 Å². The summed E-state index contributed by atoms with van der Waals surface area (Å²) < 4.78 is 2.95. The van der Waals surface area contributed by atoms with Crippen LogP contribution in [-0.4, -0.2) is 16.1 Å². The fourth-order valence-electron chi connectivity index (χ4n) is 1.67. The zero-order chi connectivity index (χ0) is 13.0. The normalized spacial score (nSPS) is 10.8. The van der Waals surface area contributed by atoms with E-state index in [1.807, 2.05) is 35.3 Å². The Bertz CT molecular complexity index is 525. The van der Waals surface area contributed by atoms with Gasteiger partial charge in [0.15, 0.2) is 0 Å². The Hall–Kier alpha value is -0.840. The summed E-state index contributed by atoms with van der Waals surface area (Å²) >= 11 is 9.44. The monoisotopic (exact) mass is 327 g/mol. The Kier molecular flexibility index (Phi) is 4.80. The van der Waals surface area contributed by atoms with Crippen LogP contribution in [0, 0.1) is 0 Å². The first kappa shape index (κ1) is 13.6. The second-order valence-corrected chi connectivity index (χ2v) is 5.34. The minimum atomic E-state index is 0.718. The lowest BCUT2D eigenvalue weighted by Gasteiger charge is -2.05. The van der Waals surface area contributed by atoms with E-state index in [1.54, 1.807) is 0 Å². The van der Waals surface area contributed by atoms with Crippen LogP contribution < -0.4 is 5.32 Å². The molecule has 0 aliphatic carbocycles. The van der Waals surface area contributed by atoms with Gasteiger partial charge in [0.2, 0.25) is 0 Å². The molecule has 18 heavy (non-hydrogen) atoms. The average molecular weight is 329 g/mol. The number of imidazole rings is 1. The molecule has 0 bridgehead atoms. The highest BCUT2D eigenvalue weighted by molar-refractivity contribution is 9.10. The lowest BCUT2D eigenvalue weighted by atomic mass is 10.3. The molecule has 0 spiro atoms. The van der Waals surface area contributed by atoms with Crippen LogP contribution >= 0.6 is 27.5 Å². The summed E-state index contributed by atoms with van der Waals surface area (Å²) in [6.45, 7) is 3.96. The van der Waals surface area contributed by atoms with Gasteiger partial charge in [-0.05, 0) is 47.1 Å². The molecule has 1 aromatic heterocycles. The van der Waals surface area contributed by atoms with Crippen molar-refractivity contribution >= 4 is 27.5 Å². The topological polar surface area (TPSA) is 29.9 Å². The van der Waals surface area contributed by atoms with Crippen LogP contribution in [0.3, 0.4) is 0 Å². The number of hydrogen-bond donors (Lipinski definition) is 1. The summed E-state index contributed by atoms with van der Waals surface area (Å²) in [5, 5.41) is 4.05. The van der Waals surface area contributed by atoms with Crippen molar-refractivity contribution < 1.29 is 0 Å². The summed E-state index contributed by atoms with van der Waals surface area (Å²) in [5.41, 5.74) is 2.07. The predicted octanol–water partition coefficient (Wildman–Crippen LogP) is 3.79. The minimum Gasteiger partial charge on any atom is -0.311 e. The largest absolute Gasteiger partial charge is 0.311 e. The molecule has 0 amide bonds. The van der Waals surface area contributed by atoms with E-state index in [4.69, 9.17) is 11.6 Å². The van der Waals surface area contributed by atoms with Gasteiger partial charge in [-0.3, -0.25) is 0 Å². The molecule has 0 atom stereocenters. The minimum absolute atomic E-state index is 0.718. The number of hydrogen-bond acceptors (Lipinski definition) is 2. The third kappa shape index (κ3) is 3.34. The first-order valence-electron chi connectivity index (χ1n) is 5.89. The molecular weight excluding hydrogens is 314 g/mol. The SMILES string of the molecule is CCCNCc1cn(-c2ccc(Cl)cc2Br)cn1. The van der Waals surface area contributed by atoms with Gasteiger partial charge in [0.25, 0.3) is 0 Å². The van der Waals surface area contributed by atoms with Gasteiger partial charge in [-0.2, -0.15) is 0 Å². The highest BCUT2D eigenvalue weighted by Gasteiger charge is 2.05. The van der Waals surface area contributed by atoms with Crippen molar-refractivity contribution in [3.8, 4) is 5.69 Å². The first-order chi connectivity index (χ1) is 8.70. The molecule has 0 aliphatic rings. The maximum Gasteiger partial charge on any atom is 0.0996 e. The number of halogens is 2. The maximum atomic E-state index is 5.93. The third-order valence-corrected chi connectivity index (χ3v) is 3.43. The quantitative estimate of drug-likeness (QED) is 0.846. The average Bonchev–Trinajstić information content (AvgIpc) is 2.78.